The second-order valence-electron chi connectivity index (χ2n) is 5.28. The van der Waals surface area contributed by atoms with E-state index in [9.17, 15) is 17.6 Å². The number of carbonyl (C=O) groups excluding carboxylic acids is 1. The minimum absolute atomic E-state index is 0.00728. The summed E-state index contributed by atoms with van der Waals surface area (Å²) < 4.78 is 42.7. The minimum Gasteiger partial charge on any atom is -0.456 e. The molecule has 25 heavy (non-hydrogen) atoms. The molecule has 0 bridgehead atoms. The lowest BCUT2D eigenvalue weighted by molar-refractivity contribution is 0.100. The fraction of sp³-hybridized carbons (Fsp3) is 0.125. The predicted molar refractivity (Wildman–Crippen MR) is 90.9 cm³/mol. The van der Waals surface area contributed by atoms with E-state index in [0.29, 0.717) is 5.56 Å². The summed E-state index contributed by atoms with van der Waals surface area (Å²) >= 11 is 0. The van der Waals surface area contributed by atoms with Crippen molar-refractivity contribution in [3.05, 3.63) is 53.3 Å². The molecule has 0 aliphatic carbocycles. The highest BCUT2D eigenvalue weighted by Gasteiger charge is 2.21. The number of hydrogen-bond donors (Lipinski definition) is 2. The average molecular weight is 365 g/mol. The predicted octanol–water partition coefficient (Wildman–Crippen LogP) is 1.74. The highest BCUT2D eigenvalue weighted by Crippen LogP contribution is 2.32. The molecule has 2 rings (SSSR count). The van der Waals surface area contributed by atoms with Gasteiger partial charge in [-0.1, -0.05) is 0 Å². The van der Waals surface area contributed by atoms with Crippen molar-refractivity contribution in [3.63, 3.8) is 0 Å². The first-order valence-corrected chi connectivity index (χ1v) is 8.89. The van der Waals surface area contributed by atoms with Crippen LogP contribution >= 0.6 is 0 Å². The largest absolute Gasteiger partial charge is 0.456 e. The molecule has 0 heterocycles. The first kappa shape index (κ1) is 18.4. The van der Waals surface area contributed by atoms with E-state index in [2.05, 4.69) is 4.99 Å². The SMILES string of the molecule is Cc1cc(Oc2ccc(F)cc2)c(S(C)(=O)=O)cc1C(=O)N=C(N)N. The Kier molecular flexibility index (Phi) is 5.07. The van der Waals surface area contributed by atoms with Crippen LogP contribution in [0.15, 0.2) is 46.3 Å². The number of hydrogen-bond acceptors (Lipinski definition) is 4. The Bertz CT molecular complexity index is 950. The molecule has 2 aromatic rings. The number of amides is 1. The van der Waals surface area contributed by atoms with Crippen LogP contribution in [0, 0.1) is 12.7 Å². The maximum atomic E-state index is 13.0. The number of nitrogens with two attached hydrogens (primary N) is 2. The Morgan fingerprint density at radius 3 is 2.28 bits per heavy atom. The average Bonchev–Trinajstić information content (AvgIpc) is 2.47. The monoisotopic (exact) mass is 365 g/mol. The van der Waals surface area contributed by atoms with Gasteiger partial charge in [-0.15, -0.1) is 0 Å². The van der Waals surface area contributed by atoms with Gasteiger partial charge in [0.25, 0.3) is 5.91 Å². The van der Waals surface area contributed by atoms with Gasteiger partial charge in [0.1, 0.15) is 22.2 Å². The van der Waals surface area contributed by atoms with Gasteiger partial charge in [0.05, 0.1) is 0 Å². The second-order valence-corrected chi connectivity index (χ2v) is 7.27. The van der Waals surface area contributed by atoms with Crippen molar-refractivity contribution in [2.75, 3.05) is 6.26 Å². The molecule has 0 unspecified atom stereocenters. The topological polar surface area (TPSA) is 125 Å². The molecular formula is C16H16FN3O4S. The van der Waals surface area contributed by atoms with Crippen molar-refractivity contribution in [1.82, 2.24) is 0 Å². The van der Waals surface area contributed by atoms with Crippen molar-refractivity contribution >= 4 is 21.7 Å². The number of sulfone groups is 1. The molecular weight excluding hydrogens is 349 g/mol. The quantitative estimate of drug-likeness (QED) is 0.628. The van der Waals surface area contributed by atoms with E-state index in [-0.39, 0.29) is 22.0 Å². The molecule has 0 fully saturated rings. The van der Waals surface area contributed by atoms with Gasteiger partial charge >= 0.3 is 0 Å². The second kappa shape index (κ2) is 6.89. The highest BCUT2D eigenvalue weighted by atomic mass is 32.2. The van der Waals surface area contributed by atoms with Crippen molar-refractivity contribution in [1.29, 1.82) is 0 Å². The number of rotatable bonds is 4. The minimum atomic E-state index is -3.73. The summed E-state index contributed by atoms with van der Waals surface area (Å²) in [6.45, 7) is 1.58. The summed E-state index contributed by atoms with van der Waals surface area (Å²) in [6.07, 6.45) is 0.976. The van der Waals surface area contributed by atoms with Crippen LogP contribution < -0.4 is 16.2 Å². The van der Waals surface area contributed by atoms with E-state index in [4.69, 9.17) is 16.2 Å². The number of aliphatic imine (C=N–C) groups is 1. The van der Waals surface area contributed by atoms with E-state index >= 15 is 0 Å². The molecule has 0 aromatic heterocycles. The summed E-state index contributed by atoms with van der Waals surface area (Å²) in [5.41, 5.74) is 10.8. The van der Waals surface area contributed by atoms with Crippen LogP contribution in [0.3, 0.4) is 0 Å². The molecule has 0 aliphatic heterocycles. The van der Waals surface area contributed by atoms with Crippen molar-refractivity contribution in [3.8, 4) is 11.5 Å². The van der Waals surface area contributed by atoms with Gasteiger partial charge in [-0.25, -0.2) is 12.8 Å². The van der Waals surface area contributed by atoms with Crippen molar-refractivity contribution in [2.24, 2.45) is 16.5 Å². The smallest absolute Gasteiger partial charge is 0.280 e. The zero-order valence-electron chi connectivity index (χ0n) is 13.5. The molecule has 0 saturated heterocycles. The third kappa shape index (κ3) is 4.54. The molecule has 2 aromatic carbocycles. The van der Waals surface area contributed by atoms with Crippen molar-refractivity contribution in [2.45, 2.75) is 11.8 Å². The first-order valence-electron chi connectivity index (χ1n) is 7.00. The van der Waals surface area contributed by atoms with Crippen LogP contribution in [0.1, 0.15) is 15.9 Å². The molecule has 1 amide bonds. The van der Waals surface area contributed by atoms with E-state index in [1.54, 1.807) is 6.92 Å². The van der Waals surface area contributed by atoms with E-state index in [1.807, 2.05) is 0 Å². The van der Waals surface area contributed by atoms with Crippen LogP contribution in [0.4, 0.5) is 4.39 Å². The molecule has 9 heteroatoms. The molecule has 4 N–H and O–H groups in total. The summed E-state index contributed by atoms with van der Waals surface area (Å²) in [5.74, 6) is -1.40. The normalized spacial score (nSPS) is 11.0. The fourth-order valence-corrected chi connectivity index (χ4v) is 2.87. The Labute approximate surface area is 144 Å². The molecule has 0 atom stereocenters. The Hall–Kier alpha value is -2.94. The van der Waals surface area contributed by atoms with Crippen LogP contribution in [0.2, 0.25) is 0 Å². The molecule has 0 radical (unpaired) electrons. The summed E-state index contributed by atoms with van der Waals surface area (Å²) in [7, 11) is -3.73. The summed E-state index contributed by atoms with van der Waals surface area (Å²) in [4.78, 5) is 15.2. The lowest BCUT2D eigenvalue weighted by atomic mass is 10.1. The standard InChI is InChI=1S/C16H16FN3O4S/c1-9-7-13(24-11-5-3-10(17)4-6-11)14(25(2,22)23)8-12(9)15(21)20-16(18)19/h3-8H,1-2H3,(H4,18,19,20,21). The van der Waals surface area contributed by atoms with Gasteiger partial charge in [-0.05, 0) is 48.9 Å². The third-order valence-electron chi connectivity index (χ3n) is 3.19. The van der Waals surface area contributed by atoms with Gasteiger partial charge < -0.3 is 16.2 Å². The highest BCUT2D eigenvalue weighted by molar-refractivity contribution is 7.90. The van der Waals surface area contributed by atoms with E-state index in [0.717, 1.165) is 12.3 Å². The van der Waals surface area contributed by atoms with Gasteiger partial charge in [0.2, 0.25) is 0 Å². The summed E-state index contributed by atoms with van der Waals surface area (Å²) in [6, 6.07) is 7.61. The van der Waals surface area contributed by atoms with Gasteiger partial charge in [0.15, 0.2) is 15.8 Å². The fourth-order valence-electron chi connectivity index (χ4n) is 2.07. The molecule has 0 saturated carbocycles. The molecule has 7 nitrogen and oxygen atoms in total. The maximum Gasteiger partial charge on any atom is 0.280 e. The van der Waals surface area contributed by atoms with Gasteiger partial charge in [-0.3, -0.25) is 4.79 Å². The van der Waals surface area contributed by atoms with Crippen LogP contribution in [-0.4, -0.2) is 26.5 Å². The molecule has 132 valence electrons. The van der Waals surface area contributed by atoms with Crippen LogP contribution in [0.25, 0.3) is 0 Å². The number of benzene rings is 2. The lowest BCUT2D eigenvalue weighted by Crippen LogP contribution is -2.24. The summed E-state index contributed by atoms with van der Waals surface area (Å²) in [5, 5.41) is 0. The number of nitrogens with zero attached hydrogens (tertiary/aromatic N) is 1. The number of aryl methyl sites for hydroxylation is 1. The Morgan fingerprint density at radius 1 is 1.16 bits per heavy atom. The Balaban J connectivity index is 2.57. The first-order chi connectivity index (χ1) is 11.6. The zero-order chi connectivity index (χ0) is 18.8. The van der Waals surface area contributed by atoms with Gasteiger partial charge in [0, 0.05) is 11.8 Å². The molecule has 0 aliphatic rings. The van der Waals surface area contributed by atoms with Crippen molar-refractivity contribution < 1.29 is 22.3 Å². The number of halogens is 1. The van der Waals surface area contributed by atoms with Crippen LogP contribution in [0.5, 0.6) is 11.5 Å². The third-order valence-corrected chi connectivity index (χ3v) is 4.31. The van der Waals surface area contributed by atoms with Crippen LogP contribution in [-0.2, 0) is 9.84 Å². The van der Waals surface area contributed by atoms with E-state index < -0.39 is 27.5 Å². The maximum absolute atomic E-state index is 13.0. The number of guanidine groups is 1. The number of ether oxygens (including phenoxy) is 1. The lowest BCUT2D eigenvalue weighted by Gasteiger charge is -2.13. The molecule has 0 spiro atoms. The van der Waals surface area contributed by atoms with Gasteiger partial charge in [-0.2, -0.15) is 4.99 Å². The zero-order valence-corrected chi connectivity index (χ0v) is 14.3. The number of carbonyl (C=O) groups is 1. The Morgan fingerprint density at radius 2 is 1.76 bits per heavy atom. The van der Waals surface area contributed by atoms with E-state index in [1.165, 1.54) is 30.3 Å².